The lowest BCUT2D eigenvalue weighted by molar-refractivity contribution is -0.136. The first-order valence-corrected chi connectivity index (χ1v) is 5.99. The van der Waals surface area contributed by atoms with E-state index < -0.39 is 27.5 Å². The number of hydrogen-bond acceptors (Lipinski definition) is 4. The van der Waals surface area contributed by atoms with E-state index in [1.54, 1.807) is 0 Å². The van der Waals surface area contributed by atoms with Gasteiger partial charge in [-0.05, 0) is 0 Å². The second-order valence-electron chi connectivity index (χ2n) is 2.84. The normalized spacial score (nSPS) is 10.7. The van der Waals surface area contributed by atoms with E-state index in [-0.39, 0.29) is 18.7 Å². The molecule has 0 aliphatic heterocycles. The first kappa shape index (κ1) is 13.6. The van der Waals surface area contributed by atoms with E-state index in [9.17, 15) is 18.0 Å². The smallest absolute Gasteiger partial charge is 0.305 e. The number of hydrogen-bond donors (Lipinski definition) is 2. The van der Waals surface area contributed by atoms with Crippen LogP contribution in [0, 0.1) is 0 Å². The van der Waals surface area contributed by atoms with Crippen LogP contribution in [0.1, 0.15) is 6.42 Å². The molecule has 0 aromatic carbocycles. The van der Waals surface area contributed by atoms with Gasteiger partial charge in [0.15, 0.2) is 9.84 Å². The minimum absolute atomic E-state index is 0.0717. The van der Waals surface area contributed by atoms with Gasteiger partial charge in [-0.1, -0.05) is 6.08 Å². The van der Waals surface area contributed by atoms with Gasteiger partial charge in [0.2, 0.25) is 5.91 Å². The quantitative estimate of drug-likeness (QED) is 0.561. The summed E-state index contributed by atoms with van der Waals surface area (Å²) in [5.74, 6) is -2.65. The number of carbonyl (C=O) groups is 2. The summed E-state index contributed by atoms with van der Waals surface area (Å²) in [6, 6.07) is 0. The molecule has 0 radical (unpaired) electrons. The Bertz CT molecular complexity index is 346. The highest BCUT2D eigenvalue weighted by Gasteiger charge is 2.14. The maximum atomic E-state index is 11.1. The minimum Gasteiger partial charge on any atom is -0.481 e. The zero-order chi connectivity index (χ0) is 11.9. The van der Waals surface area contributed by atoms with E-state index in [1.165, 1.54) is 6.08 Å². The summed E-state index contributed by atoms with van der Waals surface area (Å²) in [6.07, 6.45) is 0.965. The molecule has 0 atom stereocenters. The average Bonchev–Trinajstić information content (AvgIpc) is 2.01. The molecular weight excluding hydrogens is 222 g/mol. The van der Waals surface area contributed by atoms with Crippen molar-refractivity contribution >= 4 is 21.7 Å². The van der Waals surface area contributed by atoms with Crippen molar-refractivity contribution in [3.8, 4) is 0 Å². The number of aliphatic carboxylic acids is 1. The van der Waals surface area contributed by atoms with E-state index >= 15 is 0 Å². The molecule has 0 aliphatic carbocycles. The van der Waals surface area contributed by atoms with Crippen LogP contribution < -0.4 is 5.32 Å². The minimum atomic E-state index is -3.46. The molecule has 7 heteroatoms. The summed E-state index contributed by atoms with van der Waals surface area (Å²) in [6.45, 7) is 3.18. The van der Waals surface area contributed by atoms with Crippen molar-refractivity contribution in [2.75, 3.05) is 18.1 Å². The van der Waals surface area contributed by atoms with Crippen LogP contribution in [0.4, 0.5) is 0 Å². The summed E-state index contributed by atoms with van der Waals surface area (Å²) in [4.78, 5) is 21.1. The lowest BCUT2D eigenvalue weighted by atomic mass is 10.4. The molecule has 0 aliphatic rings. The van der Waals surface area contributed by atoms with Crippen LogP contribution in [0.5, 0.6) is 0 Å². The van der Waals surface area contributed by atoms with Crippen molar-refractivity contribution in [1.82, 2.24) is 5.32 Å². The van der Waals surface area contributed by atoms with Gasteiger partial charge < -0.3 is 10.4 Å². The van der Waals surface area contributed by atoms with Gasteiger partial charge in [-0.15, -0.1) is 6.58 Å². The van der Waals surface area contributed by atoms with Crippen LogP contribution in [0.2, 0.25) is 0 Å². The number of carboxylic acids is 1. The summed E-state index contributed by atoms with van der Waals surface area (Å²) in [5, 5.41) is 10.5. The molecule has 0 unspecified atom stereocenters. The van der Waals surface area contributed by atoms with Crippen molar-refractivity contribution in [2.45, 2.75) is 6.42 Å². The number of carboxylic acid groups (broad SMARTS) is 1. The third-order valence-corrected chi connectivity index (χ3v) is 2.83. The van der Waals surface area contributed by atoms with Gasteiger partial charge in [-0.25, -0.2) is 8.42 Å². The summed E-state index contributed by atoms with van der Waals surface area (Å²) in [7, 11) is -3.46. The Labute approximate surface area is 87.9 Å². The highest BCUT2D eigenvalue weighted by molar-refractivity contribution is 7.92. The van der Waals surface area contributed by atoms with Crippen LogP contribution in [-0.2, 0) is 19.4 Å². The molecule has 0 heterocycles. The van der Waals surface area contributed by atoms with E-state index in [0.717, 1.165) is 0 Å². The van der Waals surface area contributed by atoms with E-state index in [2.05, 4.69) is 11.9 Å². The Morgan fingerprint density at radius 1 is 1.40 bits per heavy atom. The topological polar surface area (TPSA) is 101 Å². The maximum absolute atomic E-state index is 11.1. The van der Waals surface area contributed by atoms with Crippen LogP contribution >= 0.6 is 0 Å². The molecule has 2 N–H and O–H groups in total. The van der Waals surface area contributed by atoms with Gasteiger partial charge in [-0.3, -0.25) is 9.59 Å². The number of nitrogens with one attached hydrogen (secondary N) is 1. The monoisotopic (exact) mass is 235 g/mol. The van der Waals surface area contributed by atoms with Gasteiger partial charge in [0, 0.05) is 6.54 Å². The van der Waals surface area contributed by atoms with E-state index in [4.69, 9.17) is 5.11 Å². The largest absolute Gasteiger partial charge is 0.481 e. The Kier molecular flexibility index (Phi) is 5.61. The van der Waals surface area contributed by atoms with Gasteiger partial charge in [0.25, 0.3) is 0 Å². The SMILES string of the molecule is C=CCS(=O)(=O)CC(=O)NCCC(=O)O. The van der Waals surface area contributed by atoms with E-state index in [1.807, 2.05) is 0 Å². The molecule has 15 heavy (non-hydrogen) atoms. The van der Waals surface area contributed by atoms with Crippen LogP contribution in [-0.4, -0.2) is 43.5 Å². The predicted octanol–water partition coefficient (Wildman–Crippen LogP) is -0.822. The highest BCUT2D eigenvalue weighted by atomic mass is 32.2. The molecule has 0 saturated carbocycles. The number of sulfone groups is 1. The Morgan fingerprint density at radius 3 is 2.47 bits per heavy atom. The fraction of sp³-hybridized carbons (Fsp3) is 0.500. The molecule has 1 amide bonds. The zero-order valence-corrected chi connectivity index (χ0v) is 8.92. The second kappa shape index (κ2) is 6.18. The number of amides is 1. The molecule has 6 nitrogen and oxygen atoms in total. The molecule has 0 rings (SSSR count). The van der Waals surface area contributed by atoms with Crippen molar-refractivity contribution < 1.29 is 23.1 Å². The first-order valence-electron chi connectivity index (χ1n) is 4.17. The van der Waals surface area contributed by atoms with Gasteiger partial charge in [0.05, 0.1) is 12.2 Å². The summed E-state index contributed by atoms with van der Waals surface area (Å²) < 4.78 is 22.2. The molecule has 0 saturated heterocycles. The van der Waals surface area contributed by atoms with Gasteiger partial charge in [-0.2, -0.15) is 0 Å². The molecule has 0 aromatic rings. The van der Waals surface area contributed by atoms with Crippen molar-refractivity contribution in [1.29, 1.82) is 0 Å². The van der Waals surface area contributed by atoms with Crippen molar-refractivity contribution in [3.05, 3.63) is 12.7 Å². The molecule has 0 aromatic heterocycles. The van der Waals surface area contributed by atoms with Gasteiger partial charge >= 0.3 is 5.97 Å². The average molecular weight is 235 g/mol. The fourth-order valence-electron chi connectivity index (χ4n) is 0.798. The molecule has 0 bridgehead atoms. The first-order chi connectivity index (χ1) is 6.87. The lowest BCUT2D eigenvalue weighted by Gasteiger charge is -2.03. The standard InChI is InChI=1S/C8H13NO5S/c1-2-5-15(13,14)6-7(10)9-4-3-8(11)12/h2H,1,3-6H2,(H,9,10)(H,11,12). The summed E-state index contributed by atoms with van der Waals surface area (Å²) in [5.41, 5.74) is 0. The Morgan fingerprint density at radius 2 is 2.00 bits per heavy atom. The lowest BCUT2D eigenvalue weighted by Crippen LogP contribution is -2.32. The number of carbonyl (C=O) groups excluding carboxylic acids is 1. The van der Waals surface area contributed by atoms with Crippen molar-refractivity contribution in [2.24, 2.45) is 0 Å². The van der Waals surface area contributed by atoms with Crippen LogP contribution in [0.25, 0.3) is 0 Å². The Hall–Kier alpha value is -1.37. The van der Waals surface area contributed by atoms with Crippen molar-refractivity contribution in [3.63, 3.8) is 0 Å². The van der Waals surface area contributed by atoms with Gasteiger partial charge in [0.1, 0.15) is 5.75 Å². The maximum Gasteiger partial charge on any atom is 0.305 e. The summed E-state index contributed by atoms with van der Waals surface area (Å²) >= 11 is 0. The Balaban J connectivity index is 3.94. The second-order valence-corrected chi connectivity index (χ2v) is 4.95. The fourth-order valence-corrected chi connectivity index (χ4v) is 1.78. The van der Waals surface area contributed by atoms with E-state index in [0.29, 0.717) is 0 Å². The highest BCUT2D eigenvalue weighted by Crippen LogP contribution is 1.90. The van der Waals surface area contributed by atoms with Crippen LogP contribution in [0.3, 0.4) is 0 Å². The number of rotatable bonds is 7. The zero-order valence-electron chi connectivity index (χ0n) is 8.10. The third-order valence-electron chi connectivity index (χ3n) is 1.38. The molecule has 86 valence electrons. The molecule has 0 spiro atoms. The molecule has 0 fully saturated rings. The molecular formula is C8H13NO5S. The predicted molar refractivity (Wildman–Crippen MR) is 54.1 cm³/mol. The van der Waals surface area contributed by atoms with Crippen LogP contribution in [0.15, 0.2) is 12.7 Å². The third kappa shape index (κ3) is 7.68.